The second-order valence-electron chi connectivity index (χ2n) is 6.47. The maximum Gasteiger partial charge on any atom is 0.224 e. The second kappa shape index (κ2) is 7.42. The molecule has 0 unspecified atom stereocenters. The van der Waals surface area contributed by atoms with E-state index in [0.717, 1.165) is 6.42 Å². The first-order chi connectivity index (χ1) is 10.9. The summed E-state index contributed by atoms with van der Waals surface area (Å²) >= 11 is 0. The van der Waals surface area contributed by atoms with Crippen LogP contribution in [0.2, 0.25) is 0 Å². The number of pyridine rings is 1. The van der Waals surface area contributed by atoms with E-state index in [4.69, 9.17) is 14.7 Å². The Hall–Kier alpha value is -2.13. The van der Waals surface area contributed by atoms with Gasteiger partial charge in [-0.05, 0) is 32.4 Å². The average molecular weight is 317 g/mol. The summed E-state index contributed by atoms with van der Waals surface area (Å²) in [6.07, 6.45) is 4.27. The molecule has 1 aromatic heterocycles. The average Bonchev–Trinajstić information content (AvgIpc) is 2.97. The van der Waals surface area contributed by atoms with Gasteiger partial charge < -0.3 is 14.4 Å². The Kier molecular flexibility index (Phi) is 5.56. The van der Waals surface area contributed by atoms with Crippen molar-refractivity contribution in [3.8, 4) is 11.8 Å². The molecular formula is C17H23N3O3. The van der Waals surface area contributed by atoms with Crippen LogP contribution in [-0.4, -0.2) is 48.2 Å². The van der Waals surface area contributed by atoms with E-state index in [-0.39, 0.29) is 24.5 Å². The third kappa shape index (κ3) is 4.67. The molecule has 6 nitrogen and oxygen atoms in total. The Morgan fingerprint density at radius 3 is 2.96 bits per heavy atom. The van der Waals surface area contributed by atoms with Crippen LogP contribution >= 0.6 is 0 Å². The number of carbonyl (C=O) groups is 1. The zero-order chi connectivity index (χ0) is 16.9. The lowest BCUT2D eigenvalue weighted by Gasteiger charge is -2.27. The minimum atomic E-state index is -0.670. The highest BCUT2D eigenvalue weighted by molar-refractivity contribution is 5.78. The lowest BCUT2D eigenvalue weighted by atomic mass is 9.91. The van der Waals surface area contributed by atoms with Crippen molar-refractivity contribution in [3.63, 3.8) is 0 Å². The van der Waals surface area contributed by atoms with Gasteiger partial charge >= 0.3 is 0 Å². The zero-order valence-corrected chi connectivity index (χ0v) is 13.9. The molecule has 1 saturated heterocycles. The summed E-state index contributed by atoms with van der Waals surface area (Å²) in [6.45, 7) is 4.48. The molecule has 2 heterocycles. The lowest BCUT2D eigenvalue weighted by Crippen LogP contribution is -2.41. The third-order valence-corrected chi connectivity index (χ3v) is 4.00. The maximum absolute atomic E-state index is 12.6. The minimum Gasteiger partial charge on any atom is -0.490 e. The predicted octanol–water partition coefficient (Wildman–Crippen LogP) is 2.02. The molecule has 1 aliphatic rings. The topological polar surface area (TPSA) is 75.5 Å². The molecule has 23 heavy (non-hydrogen) atoms. The van der Waals surface area contributed by atoms with Gasteiger partial charge in [0.15, 0.2) is 0 Å². The summed E-state index contributed by atoms with van der Waals surface area (Å²) in [5.74, 6) is 0.647. The van der Waals surface area contributed by atoms with Crippen molar-refractivity contribution in [1.82, 2.24) is 9.88 Å². The van der Waals surface area contributed by atoms with E-state index in [0.29, 0.717) is 18.9 Å². The number of hydrogen-bond donors (Lipinski definition) is 0. The molecule has 0 aromatic carbocycles. The monoisotopic (exact) mass is 317 g/mol. The molecule has 0 aliphatic carbocycles. The van der Waals surface area contributed by atoms with Gasteiger partial charge in [0.05, 0.1) is 29.8 Å². The highest BCUT2D eigenvalue weighted by Crippen LogP contribution is 2.26. The minimum absolute atomic E-state index is 0.00615. The largest absolute Gasteiger partial charge is 0.490 e. The molecule has 1 fully saturated rings. The molecule has 1 aliphatic heterocycles. The number of likely N-dealkylation sites (tertiary alicyclic amines) is 1. The molecular weight excluding hydrogens is 294 g/mol. The summed E-state index contributed by atoms with van der Waals surface area (Å²) in [7, 11) is 1.65. The number of aromatic nitrogens is 1. The predicted molar refractivity (Wildman–Crippen MR) is 84.7 cm³/mol. The van der Waals surface area contributed by atoms with E-state index in [2.05, 4.69) is 11.1 Å². The number of nitriles is 1. The van der Waals surface area contributed by atoms with Crippen molar-refractivity contribution in [3.05, 3.63) is 24.5 Å². The Morgan fingerprint density at radius 2 is 2.35 bits per heavy atom. The number of methoxy groups -OCH3 is 1. The number of hydrogen-bond acceptors (Lipinski definition) is 5. The van der Waals surface area contributed by atoms with Crippen molar-refractivity contribution in [2.45, 2.75) is 38.8 Å². The van der Waals surface area contributed by atoms with Crippen LogP contribution in [0, 0.1) is 16.7 Å². The van der Waals surface area contributed by atoms with Crippen LogP contribution in [-0.2, 0) is 9.53 Å². The van der Waals surface area contributed by atoms with Crippen molar-refractivity contribution < 1.29 is 14.3 Å². The van der Waals surface area contributed by atoms with Crippen LogP contribution < -0.4 is 4.74 Å². The van der Waals surface area contributed by atoms with Crippen LogP contribution in [0.25, 0.3) is 0 Å². The fourth-order valence-electron chi connectivity index (χ4n) is 2.65. The SMILES string of the molecule is CO[C@@H]1C[C@@H](COc2cccnc2)N(C(=O)CC(C)(C)C#N)C1. The summed E-state index contributed by atoms with van der Waals surface area (Å²) in [5, 5.41) is 9.12. The van der Waals surface area contributed by atoms with Gasteiger partial charge in [0.1, 0.15) is 12.4 Å². The van der Waals surface area contributed by atoms with Crippen LogP contribution in [0.15, 0.2) is 24.5 Å². The molecule has 0 N–H and O–H groups in total. The lowest BCUT2D eigenvalue weighted by molar-refractivity contribution is -0.134. The van der Waals surface area contributed by atoms with Crippen molar-refractivity contribution in [1.29, 1.82) is 5.26 Å². The van der Waals surface area contributed by atoms with Gasteiger partial charge in [-0.1, -0.05) is 0 Å². The molecule has 0 spiro atoms. The highest BCUT2D eigenvalue weighted by atomic mass is 16.5. The van der Waals surface area contributed by atoms with Crippen LogP contribution in [0.3, 0.4) is 0 Å². The van der Waals surface area contributed by atoms with E-state index < -0.39 is 5.41 Å². The molecule has 0 saturated carbocycles. The number of rotatable bonds is 6. The van der Waals surface area contributed by atoms with E-state index in [9.17, 15) is 4.79 Å². The van der Waals surface area contributed by atoms with Gasteiger partial charge in [-0.15, -0.1) is 0 Å². The zero-order valence-electron chi connectivity index (χ0n) is 13.9. The van der Waals surface area contributed by atoms with Crippen LogP contribution in [0.1, 0.15) is 26.7 Å². The number of nitrogens with zero attached hydrogens (tertiary/aromatic N) is 3. The van der Waals surface area contributed by atoms with E-state index in [1.165, 1.54) is 0 Å². The summed E-state index contributed by atoms with van der Waals surface area (Å²) in [6, 6.07) is 5.76. The highest BCUT2D eigenvalue weighted by Gasteiger charge is 2.37. The Bertz CT molecular complexity index is 568. The van der Waals surface area contributed by atoms with Gasteiger partial charge in [-0.25, -0.2) is 0 Å². The number of carbonyl (C=O) groups excluding carboxylic acids is 1. The summed E-state index contributed by atoms with van der Waals surface area (Å²) in [5.41, 5.74) is -0.670. The number of amides is 1. The third-order valence-electron chi connectivity index (χ3n) is 4.00. The first-order valence-corrected chi connectivity index (χ1v) is 7.71. The van der Waals surface area contributed by atoms with Gasteiger partial charge in [0, 0.05) is 26.3 Å². The van der Waals surface area contributed by atoms with E-state index in [1.54, 1.807) is 44.3 Å². The van der Waals surface area contributed by atoms with E-state index >= 15 is 0 Å². The van der Waals surface area contributed by atoms with Gasteiger partial charge in [0.2, 0.25) is 5.91 Å². The van der Waals surface area contributed by atoms with Crippen molar-refractivity contribution in [2.24, 2.45) is 5.41 Å². The Morgan fingerprint density at radius 1 is 1.57 bits per heavy atom. The number of ether oxygens (including phenoxy) is 2. The fraction of sp³-hybridized carbons (Fsp3) is 0.588. The molecule has 1 amide bonds. The summed E-state index contributed by atoms with van der Waals surface area (Å²) < 4.78 is 11.1. The second-order valence-corrected chi connectivity index (χ2v) is 6.47. The molecule has 2 atom stereocenters. The molecule has 6 heteroatoms. The molecule has 1 aromatic rings. The van der Waals surface area contributed by atoms with Crippen LogP contribution in [0.5, 0.6) is 5.75 Å². The first kappa shape index (κ1) is 17.2. The van der Waals surface area contributed by atoms with E-state index in [1.807, 2.05) is 6.07 Å². The van der Waals surface area contributed by atoms with Gasteiger partial charge in [-0.3, -0.25) is 9.78 Å². The smallest absolute Gasteiger partial charge is 0.224 e. The molecule has 2 rings (SSSR count). The van der Waals surface area contributed by atoms with Gasteiger partial charge in [-0.2, -0.15) is 5.26 Å². The Labute approximate surface area is 137 Å². The van der Waals surface area contributed by atoms with Crippen LogP contribution in [0.4, 0.5) is 0 Å². The van der Waals surface area contributed by atoms with Crippen molar-refractivity contribution in [2.75, 3.05) is 20.3 Å². The molecule has 124 valence electrons. The van der Waals surface area contributed by atoms with Gasteiger partial charge in [0.25, 0.3) is 0 Å². The fourth-order valence-corrected chi connectivity index (χ4v) is 2.65. The molecule has 0 radical (unpaired) electrons. The maximum atomic E-state index is 12.6. The Balaban J connectivity index is 2.00. The quantitative estimate of drug-likeness (QED) is 0.802. The van der Waals surface area contributed by atoms with Crippen molar-refractivity contribution >= 4 is 5.91 Å². The standard InChI is InChI=1S/C17H23N3O3/c1-17(2,12-18)8-16(21)20-10-15(22-3)7-13(20)11-23-14-5-4-6-19-9-14/h4-6,9,13,15H,7-8,10-11H2,1-3H3/t13-,15+/m0/s1. The molecule has 0 bridgehead atoms. The summed E-state index contributed by atoms with van der Waals surface area (Å²) in [4.78, 5) is 18.3. The first-order valence-electron chi connectivity index (χ1n) is 7.71. The normalized spacial score (nSPS) is 21.0.